The van der Waals surface area contributed by atoms with Gasteiger partial charge in [0.25, 0.3) is 5.91 Å². The molecule has 0 aromatic heterocycles. The van der Waals surface area contributed by atoms with Gasteiger partial charge in [-0.15, -0.1) is 0 Å². The van der Waals surface area contributed by atoms with Crippen molar-refractivity contribution in [2.45, 2.75) is 6.42 Å². The number of carbonyl (C=O) groups excluding carboxylic acids is 1. The minimum absolute atomic E-state index is 0.104. The summed E-state index contributed by atoms with van der Waals surface area (Å²) in [5.74, 6) is -0.392. The number of amides is 1. The van der Waals surface area contributed by atoms with E-state index in [-0.39, 0.29) is 18.4 Å². The number of rotatable bonds is 2. The topological polar surface area (TPSA) is 40.5 Å². The van der Waals surface area contributed by atoms with Crippen molar-refractivity contribution < 1.29 is 14.3 Å². The maximum Gasteiger partial charge on any atom is 0.253 e. The van der Waals surface area contributed by atoms with Gasteiger partial charge < -0.3 is 10.0 Å². The van der Waals surface area contributed by atoms with Gasteiger partial charge in [-0.2, -0.15) is 0 Å². The SMILES string of the molecule is O=C(c1cccc(F)c1)N1CCC(CO)C1. The number of likely N-dealkylation sites (tertiary alicyclic amines) is 1. The fourth-order valence-corrected chi connectivity index (χ4v) is 1.97. The minimum Gasteiger partial charge on any atom is -0.396 e. The molecule has 1 amide bonds. The van der Waals surface area contributed by atoms with E-state index in [0.29, 0.717) is 18.7 Å². The van der Waals surface area contributed by atoms with Crippen LogP contribution in [0, 0.1) is 11.7 Å². The lowest BCUT2D eigenvalue weighted by molar-refractivity contribution is 0.0781. The molecule has 1 saturated heterocycles. The highest BCUT2D eigenvalue weighted by Crippen LogP contribution is 2.18. The monoisotopic (exact) mass is 223 g/mol. The first kappa shape index (κ1) is 11.1. The smallest absolute Gasteiger partial charge is 0.253 e. The summed E-state index contributed by atoms with van der Waals surface area (Å²) in [4.78, 5) is 13.6. The third-order valence-electron chi connectivity index (χ3n) is 2.90. The second-order valence-corrected chi connectivity index (χ2v) is 4.10. The molecule has 0 spiro atoms. The Morgan fingerprint density at radius 3 is 3.00 bits per heavy atom. The zero-order valence-electron chi connectivity index (χ0n) is 8.90. The number of halogens is 1. The molecule has 1 atom stereocenters. The Bertz CT molecular complexity index is 394. The first-order valence-electron chi connectivity index (χ1n) is 5.36. The fourth-order valence-electron chi connectivity index (χ4n) is 1.97. The van der Waals surface area contributed by atoms with Crippen LogP contribution >= 0.6 is 0 Å². The molecule has 1 fully saturated rings. The van der Waals surface area contributed by atoms with Gasteiger partial charge in [0.05, 0.1) is 0 Å². The number of carbonyl (C=O) groups is 1. The molecule has 3 nitrogen and oxygen atoms in total. The molecule has 1 heterocycles. The van der Waals surface area contributed by atoms with Gasteiger partial charge >= 0.3 is 0 Å². The summed E-state index contributed by atoms with van der Waals surface area (Å²) < 4.78 is 12.9. The van der Waals surface area contributed by atoms with Crippen molar-refractivity contribution >= 4 is 5.91 Å². The van der Waals surface area contributed by atoms with Crippen molar-refractivity contribution in [1.29, 1.82) is 0 Å². The zero-order valence-corrected chi connectivity index (χ0v) is 8.90. The third kappa shape index (κ3) is 2.22. The molecule has 0 saturated carbocycles. The predicted molar refractivity (Wildman–Crippen MR) is 57.5 cm³/mol. The second-order valence-electron chi connectivity index (χ2n) is 4.10. The Hall–Kier alpha value is -1.42. The molecule has 0 radical (unpaired) electrons. The molecular formula is C12H14FNO2. The molecule has 1 aliphatic rings. The van der Waals surface area contributed by atoms with E-state index in [9.17, 15) is 9.18 Å². The minimum atomic E-state index is -0.399. The Balaban J connectivity index is 2.08. The van der Waals surface area contributed by atoms with Crippen molar-refractivity contribution in [2.75, 3.05) is 19.7 Å². The highest BCUT2D eigenvalue weighted by Gasteiger charge is 2.26. The van der Waals surface area contributed by atoms with Crippen LogP contribution in [-0.4, -0.2) is 35.6 Å². The quantitative estimate of drug-likeness (QED) is 0.820. The van der Waals surface area contributed by atoms with E-state index in [2.05, 4.69) is 0 Å². The Morgan fingerprint density at radius 2 is 2.38 bits per heavy atom. The Labute approximate surface area is 93.5 Å². The van der Waals surface area contributed by atoms with Crippen LogP contribution in [-0.2, 0) is 0 Å². The van der Waals surface area contributed by atoms with Crippen LogP contribution in [0.3, 0.4) is 0 Å². The number of hydrogen-bond acceptors (Lipinski definition) is 2. The summed E-state index contributed by atoms with van der Waals surface area (Å²) in [5, 5.41) is 8.98. The first-order valence-corrected chi connectivity index (χ1v) is 5.36. The molecule has 4 heteroatoms. The number of benzene rings is 1. The second kappa shape index (κ2) is 4.61. The molecule has 1 N–H and O–H groups in total. The van der Waals surface area contributed by atoms with Gasteiger partial charge in [-0.25, -0.2) is 4.39 Å². The Kier molecular flexibility index (Phi) is 3.19. The van der Waals surface area contributed by atoms with Gasteiger partial charge in [-0.05, 0) is 24.6 Å². The normalized spacial score (nSPS) is 20.1. The van der Waals surface area contributed by atoms with Crippen molar-refractivity contribution in [2.24, 2.45) is 5.92 Å². The van der Waals surface area contributed by atoms with Crippen LogP contribution in [0.5, 0.6) is 0 Å². The highest BCUT2D eigenvalue weighted by atomic mass is 19.1. The van der Waals surface area contributed by atoms with E-state index in [1.807, 2.05) is 0 Å². The molecular weight excluding hydrogens is 209 g/mol. The standard InChI is InChI=1S/C12H14FNO2/c13-11-3-1-2-10(6-11)12(16)14-5-4-9(7-14)8-15/h1-3,6,9,15H,4-5,7-8H2. The van der Waals surface area contributed by atoms with Crippen LogP contribution in [0.4, 0.5) is 4.39 Å². The largest absolute Gasteiger partial charge is 0.396 e. The summed E-state index contributed by atoms with van der Waals surface area (Å²) in [7, 11) is 0. The van der Waals surface area contributed by atoms with Gasteiger partial charge in [0.15, 0.2) is 0 Å². The first-order chi connectivity index (χ1) is 7.70. The van der Waals surface area contributed by atoms with Crippen LogP contribution in [0.2, 0.25) is 0 Å². The van der Waals surface area contributed by atoms with Crippen LogP contribution < -0.4 is 0 Å². The number of nitrogens with zero attached hydrogens (tertiary/aromatic N) is 1. The van der Waals surface area contributed by atoms with E-state index >= 15 is 0 Å². The van der Waals surface area contributed by atoms with Gasteiger partial charge in [-0.3, -0.25) is 4.79 Å². The summed E-state index contributed by atoms with van der Waals surface area (Å²) >= 11 is 0. The van der Waals surface area contributed by atoms with Gasteiger partial charge in [0.2, 0.25) is 0 Å². The maximum absolute atomic E-state index is 12.9. The molecule has 16 heavy (non-hydrogen) atoms. The van der Waals surface area contributed by atoms with Crippen LogP contribution in [0.1, 0.15) is 16.8 Å². The average molecular weight is 223 g/mol. The number of aliphatic hydroxyl groups excluding tert-OH is 1. The Morgan fingerprint density at radius 1 is 1.56 bits per heavy atom. The summed E-state index contributed by atoms with van der Waals surface area (Å²) in [5.41, 5.74) is 0.374. The van der Waals surface area contributed by atoms with Crippen molar-refractivity contribution in [3.63, 3.8) is 0 Å². The van der Waals surface area contributed by atoms with Crippen LogP contribution in [0.25, 0.3) is 0 Å². The number of aliphatic hydroxyl groups is 1. The molecule has 0 bridgehead atoms. The van der Waals surface area contributed by atoms with Gasteiger partial charge in [0, 0.05) is 31.2 Å². The lowest BCUT2D eigenvalue weighted by atomic mass is 10.1. The van der Waals surface area contributed by atoms with Crippen molar-refractivity contribution in [3.8, 4) is 0 Å². The molecule has 1 unspecified atom stereocenters. The molecule has 0 aliphatic carbocycles. The molecule has 1 aromatic rings. The zero-order chi connectivity index (χ0) is 11.5. The fraction of sp³-hybridized carbons (Fsp3) is 0.417. The van der Waals surface area contributed by atoms with E-state index in [0.717, 1.165) is 6.42 Å². The summed E-state index contributed by atoms with van der Waals surface area (Å²) in [6, 6.07) is 5.70. The maximum atomic E-state index is 12.9. The number of hydrogen-bond donors (Lipinski definition) is 1. The highest BCUT2D eigenvalue weighted by molar-refractivity contribution is 5.94. The lowest BCUT2D eigenvalue weighted by Crippen LogP contribution is -2.29. The van der Waals surface area contributed by atoms with E-state index < -0.39 is 5.82 Å². The lowest BCUT2D eigenvalue weighted by Gasteiger charge is -2.16. The molecule has 2 rings (SSSR count). The van der Waals surface area contributed by atoms with Crippen molar-refractivity contribution in [3.05, 3.63) is 35.6 Å². The van der Waals surface area contributed by atoms with Gasteiger partial charge in [-0.1, -0.05) is 6.07 Å². The molecule has 1 aromatic carbocycles. The van der Waals surface area contributed by atoms with Crippen LogP contribution in [0.15, 0.2) is 24.3 Å². The third-order valence-corrected chi connectivity index (χ3v) is 2.90. The van der Waals surface area contributed by atoms with E-state index in [4.69, 9.17) is 5.11 Å². The summed E-state index contributed by atoms with van der Waals surface area (Å²) in [6.07, 6.45) is 0.817. The molecule has 1 aliphatic heterocycles. The molecule has 86 valence electrons. The van der Waals surface area contributed by atoms with E-state index in [1.165, 1.54) is 18.2 Å². The average Bonchev–Trinajstić information content (AvgIpc) is 2.76. The summed E-state index contributed by atoms with van der Waals surface area (Å²) in [6.45, 7) is 1.30. The van der Waals surface area contributed by atoms with E-state index in [1.54, 1.807) is 11.0 Å². The predicted octanol–water partition coefficient (Wildman–Crippen LogP) is 1.28. The van der Waals surface area contributed by atoms with Crippen molar-refractivity contribution in [1.82, 2.24) is 4.90 Å². The van der Waals surface area contributed by atoms with Gasteiger partial charge in [0.1, 0.15) is 5.82 Å².